The van der Waals surface area contributed by atoms with Crippen molar-refractivity contribution >= 4 is 22.6 Å². The fourth-order valence-electron chi connectivity index (χ4n) is 2.09. The largest absolute Gasteiger partial charge is 0.506 e. The maximum Gasteiger partial charge on any atom is 0.326 e. The minimum atomic E-state index is -1.45. The molecule has 0 saturated heterocycles. The predicted octanol–water partition coefficient (Wildman–Crippen LogP) is 2.23. The molecule has 0 aliphatic heterocycles. The number of aromatic hydroxyl groups is 1. The normalized spacial score (nSPS) is 12.1. The third-order valence-electron chi connectivity index (χ3n) is 3.21. The van der Waals surface area contributed by atoms with Crippen LogP contribution in [0.5, 0.6) is 5.75 Å². The first-order chi connectivity index (χ1) is 10.5. The van der Waals surface area contributed by atoms with Gasteiger partial charge in [0.1, 0.15) is 17.6 Å². The van der Waals surface area contributed by atoms with Crippen LogP contribution in [0.25, 0.3) is 10.8 Å². The van der Waals surface area contributed by atoms with Gasteiger partial charge in [-0.05, 0) is 6.07 Å². The summed E-state index contributed by atoms with van der Waals surface area (Å²) in [5.41, 5.74) is -0.402. The first-order valence-electron chi connectivity index (χ1n) is 6.45. The summed E-state index contributed by atoms with van der Waals surface area (Å²) in [6, 6.07) is 5.38. The molecule has 2 aromatic rings. The lowest BCUT2D eigenvalue weighted by molar-refractivity contribution is -0.139. The smallest absolute Gasteiger partial charge is 0.326 e. The molecule has 0 aliphatic carbocycles. The fourth-order valence-corrected chi connectivity index (χ4v) is 2.09. The highest BCUT2D eigenvalue weighted by atomic mass is 19.1. The Morgan fingerprint density at radius 2 is 1.86 bits per heavy atom. The number of benzene rings is 2. The Morgan fingerprint density at radius 1 is 1.23 bits per heavy atom. The summed E-state index contributed by atoms with van der Waals surface area (Å²) in [5.74, 6) is -3.58. The fraction of sp³-hybridized carbons (Fsp3) is 0.200. The van der Waals surface area contributed by atoms with Crippen molar-refractivity contribution in [3.05, 3.63) is 41.7 Å². The number of halogens is 2. The molecule has 0 bridgehead atoms. The summed E-state index contributed by atoms with van der Waals surface area (Å²) in [7, 11) is 0. The monoisotopic (exact) mass is 309 g/mol. The minimum absolute atomic E-state index is 0.130. The van der Waals surface area contributed by atoms with Gasteiger partial charge in [-0.1, -0.05) is 24.3 Å². The van der Waals surface area contributed by atoms with E-state index in [4.69, 9.17) is 5.11 Å². The molecule has 0 radical (unpaired) electrons. The third kappa shape index (κ3) is 2.98. The standard InChI is InChI=1S/C15H13F2NO4/c16-6-5-12(15(21)22)18-14(20)10-7-11(17)8-3-1-2-4-9(8)13(10)19/h1-4,7,12,19H,5-6H2,(H,18,20)(H,21,22). The van der Waals surface area contributed by atoms with Crippen LogP contribution in [0.1, 0.15) is 16.8 Å². The predicted molar refractivity (Wildman–Crippen MR) is 75.1 cm³/mol. The maximum atomic E-state index is 14.0. The number of carboxylic acid groups (broad SMARTS) is 1. The first-order valence-corrected chi connectivity index (χ1v) is 6.45. The number of hydrogen-bond acceptors (Lipinski definition) is 3. The Bertz CT molecular complexity index is 733. The Labute approximate surface area is 124 Å². The van der Waals surface area contributed by atoms with E-state index in [-0.39, 0.29) is 10.8 Å². The van der Waals surface area contributed by atoms with Crippen molar-refractivity contribution < 1.29 is 28.6 Å². The number of alkyl halides is 1. The van der Waals surface area contributed by atoms with E-state index in [1.807, 2.05) is 0 Å². The summed E-state index contributed by atoms with van der Waals surface area (Å²) in [4.78, 5) is 22.9. The van der Waals surface area contributed by atoms with Gasteiger partial charge >= 0.3 is 5.97 Å². The number of nitrogens with one attached hydrogen (secondary N) is 1. The Hall–Kier alpha value is -2.70. The number of carboxylic acids is 1. The number of aliphatic carboxylic acids is 1. The molecule has 0 aliphatic rings. The lowest BCUT2D eigenvalue weighted by Crippen LogP contribution is -2.41. The highest BCUT2D eigenvalue weighted by Crippen LogP contribution is 2.30. The number of hydrogen-bond donors (Lipinski definition) is 3. The van der Waals surface area contributed by atoms with Gasteiger partial charge in [0.05, 0.1) is 12.2 Å². The zero-order valence-corrected chi connectivity index (χ0v) is 11.3. The second kappa shape index (κ2) is 6.38. The zero-order chi connectivity index (χ0) is 16.3. The highest BCUT2D eigenvalue weighted by Gasteiger charge is 2.23. The average molecular weight is 309 g/mol. The molecule has 22 heavy (non-hydrogen) atoms. The van der Waals surface area contributed by atoms with Gasteiger partial charge in [0.25, 0.3) is 5.91 Å². The molecule has 1 unspecified atom stereocenters. The number of phenols is 1. The highest BCUT2D eigenvalue weighted by molar-refractivity contribution is 6.04. The molecule has 0 heterocycles. The molecule has 3 N–H and O–H groups in total. The molecule has 116 valence electrons. The van der Waals surface area contributed by atoms with Gasteiger partial charge in [0.15, 0.2) is 0 Å². The second-order valence-electron chi connectivity index (χ2n) is 4.64. The van der Waals surface area contributed by atoms with Gasteiger partial charge in [-0.3, -0.25) is 9.18 Å². The van der Waals surface area contributed by atoms with Crippen LogP contribution in [-0.4, -0.2) is 34.8 Å². The number of carbonyl (C=O) groups excluding carboxylic acids is 1. The molecule has 0 saturated carbocycles. The molecule has 1 atom stereocenters. The van der Waals surface area contributed by atoms with Crippen LogP contribution < -0.4 is 5.32 Å². The number of amides is 1. The van der Waals surface area contributed by atoms with E-state index < -0.39 is 48.1 Å². The molecule has 0 fully saturated rings. The summed E-state index contributed by atoms with van der Waals surface area (Å²) in [5, 5.41) is 21.3. The molecular weight excluding hydrogens is 296 g/mol. The van der Waals surface area contributed by atoms with Crippen LogP contribution in [0.2, 0.25) is 0 Å². The summed E-state index contributed by atoms with van der Waals surface area (Å²) < 4.78 is 26.2. The van der Waals surface area contributed by atoms with E-state index >= 15 is 0 Å². The number of carbonyl (C=O) groups is 2. The Kier molecular flexibility index (Phi) is 4.55. The molecule has 2 rings (SSSR count). The maximum absolute atomic E-state index is 14.0. The molecule has 2 aromatic carbocycles. The molecule has 0 aromatic heterocycles. The van der Waals surface area contributed by atoms with E-state index in [1.54, 1.807) is 12.1 Å². The number of fused-ring (bicyclic) bond motifs is 1. The van der Waals surface area contributed by atoms with Gasteiger partial charge in [-0.25, -0.2) is 9.18 Å². The Morgan fingerprint density at radius 3 is 2.45 bits per heavy atom. The van der Waals surface area contributed by atoms with Crippen LogP contribution in [0.4, 0.5) is 8.78 Å². The molecule has 1 amide bonds. The van der Waals surface area contributed by atoms with E-state index in [1.165, 1.54) is 12.1 Å². The van der Waals surface area contributed by atoms with Crippen molar-refractivity contribution in [2.75, 3.05) is 6.67 Å². The van der Waals surface area contributed by atoms with Gasteiger partial charge in [0.2, 0.25) is 0 Å². The van der Waals surface area contributed by atoms with Crippen molar-refractivity contribution in [3.8, 4) is 5.75 Å². The van der Waals surface area contributed by atoms with E-state index in [0.717, 1.165) is 6.07 Å². The SMILES string of the molecule is O=C(NC(CCF)C(=O)O)c1cc(F)c2ccccc2c1O. The number of rotatable bonds is 5. The quantitative estimate of drug-likeness (QED) is 0.790. The van der Waals surface area contributed by atoms with Crippen molar-refractivity contribution in [1.82, 2.24) is 5.32 Å². The van der Waals surface area contributed by atoms with Gasteiger partial charge in [0, 0.05) is 17.2 Å². The van der Waals surface area contributed by atoms with Gasteiger partial charge in [-0.2, -0.15) is 0 Å². The van der Waals surface area contributed by atoms with Crippen molar-refractivity contribution in [3.63, 3.8) is 0 Å². The van der Waals surface area contributed by atoms with Crippen molar-refractivity contribution in [1.29, 1.82) is 0 Å². The van der Waals surface area contributed by atoms with Gasteiger partial charge in [-0.15, -0.1) is 0 Å². The average Bonchev–Trinajstić information content (AvgIpc) is 2.50. The molecule has 0 spiro atoms. The van der Waals surface area contributed by atoms with Crippen LogP contribution >= 0.6 is 0 Å². The van der Waals surface area contributed by atoms with E-state index in [2.05, 4.69) is 5.32 Å². The second-order valence-corrected chi connectivity index (χ2v) is 4.64. The first kappa shape index (κ1) is 15.7. The lowest BCUT2D eigenvalue weighted by Gasteiger charge is -2.14. The Balaban J connectivity index is 2.40. The minimum Gasteiger partial charge on any atom is -0.506 e. The number of phenolic OH excluding ortho intramolecular Hbond substituents is 1. The molecule has 7 heteroatoms. The summed E-state index contributed by atoms with van der Waals surface area (Å²) in [6.07, 6.45) is -0.419. The van der Waals surface area contributed by atoms with Crippen molar-refractivity contribution in [2.45, 2.75) is 12.5 Å². The molecular formula is C15H13F2NO4. The lowest BCUT2D eigenvalue weighted by atomic mass is 10.0. The van der Waals surface area contributed by atoms with Crippen LogP contribution in [-0.2, 0) is 4.79 Å². The molecule has 5 nitrogen and oxygen atoms in total. The zero-order valence-electron chi connectivity index (χ0n) is 11.3. The third-order valence-corrected chi connectivity index (χ3v) is 3.21. The van der Waals surface area contributed by atoms with E-state index in [9.17, 15) is 23.5 Å². The van der Waals surface area contributed by atoms with Crippen LogP contribution in [0.15, 0.2) is 30.3 Å². The topological polar surface area (TPSA) is 86.6 Å². The summed E-state index contributed by atoms with van der Waals surface area (Å²) >= 11 is 0. The van der Waals surface area contributed by atoms with Crippen molar-refractivity contribution in [2.24, 2.45) is 0 Å². The van der Waals surface area contributed by atoms with Crippen LogP contribution in [0, 0.1) is 5.82 Å². The van der Waals surface area contributed by atoms with E-state index in [0.29, 0.717) is 0 Å². The van der Waals surface area contributed by atoms with Gasteiger partial charge < -0.3 is 15.5 Å². The summed E-state index contributed by atoms with van der Waals surface area (Å²) in [6.45, 7) is -0.935. The van der Waals surface area contributed by atoms with Crippen LogP contribution in [0.3, 0.4) is 0 Å².